The Morgan fingerprint density at radius 1 is 0.889 bits per heavy atom. The summed E-state index contributed by atoms with van der Waals surface area (Å²) in [6, 6.07) is 11.0. The second-order valence-corrected chi connectivity index (χ2v) is 8.88. The molecule has 0 aromatic heterocycles. The lowest BCUT2D eigenvalue weighted by molar-refractivity contribution is -0.185. The van der Waals surface area contributed by atoms with E-state index in [9.17, 15) is 19.2 Å². The number of hydrogen-bond acceptors (Lipinski definition) is 9. The Kier molecular flexibility index (Phi) is 6.26. The van der Waals surface area contributed by atoms with E-state index in [1.54, 1.807) is 42.5 Å². The Labute approximate surface area is 206 Å². The maximum absolute atomic E-state index is 13.1. The molecular formula is C26H25NO9. The van der Waals surface area contributed by atoms with Gasteiger partial charge in [-0.3, -0.25) is 14.4 Å². The van der Waals surface area contributed by atoms with Gasteiger partial charge in [0.05, 0.1) is 11.6 Å². The van der Waals surface area contributed by atoms with Crippen molar-refractivity contribution in [3.8, 4) is 11.5 Å². The van der Waals surface area contributed by atoms with Gasteiger partial charge in [-0.2, -0.15) is 0 Å². The van der Waals surface area contributed by atoms with Gasteiger partial charge in [0.2, 0.25) is 0 Å². The highest BCUT2D eigenvalue weighted by molar-refractivity contribution is 5.98. The second-order valence-electron chi connectivity index (χ2n) is 8.88. The van der Waals surface area contributed by atoms with Crippen molar-refractivity contribution in [1.82, 2.24) is 5.32 Å². The molecule has 2 aromatic rings. The fourth-order valence-corrected chi connectivity index (χ4v) is 5.08. The summed E-state index contributed by atoms with van der Waals surface area (Å²) in [5.41, 5.74) is 1.36. The van der Waals surface area contributed by atoms with E-state index >= 15 is 0 Å². The minimum absolute atomic E-state index is 0.200. The van der Waals surface area contributed by atoms with Crippen LogP contribution in [0.4, 0.5) is 0 Å². The number of carbonyl (C=O) groups is 4. The van der Waals surface area contributed by atoms with Crippen LogP contribution in [0.25, 0.3) is 0 Å². The van der Waals surface area contributed by atoms with Crippen molar-refractivity contribution in [2.24, 2.45) is 0 Å². The lowest BCUT2D eigenvalue weighted by Crippen LogP contribution is -2.63. The van der Waals surface area contributed by atoms with Gasteiger partial charge in [0.25, 0.3) is 5.91 Å². The van der Waals surface area contributed by atoms with Crippen LogP contribution in [0.2, 0.25) is 0 Å². The number of esters is 3. The van der Waals surface area contributed by atoms with Crippen molar-refractivity contribution in [1.29, 1.82) is 0 Å². The van der Waals surface area contributed by atoms with E-state index in [0.717, 1.165) is 0 Å². The number of hydrogen-bond donors (Lipinski definition) is 1. The smallest absolute Gasteiger partial charge is 0.338 e. The zero-order valence-corrected chi connectivity index (χ0v) is 19.7. The third-order valence-corrected chi connectivity index (χ3v) is 6.49. The summed E-state index contributed by atoms with van der Waals surface area (Å²) in [6.07, 6.45) is -2.97. The second kappa shape index (κ2) is 9.52. The number of benzene rings is 2. The van der Waals surface area contributed by atoms with Gasteiger partial charge in [0.1, 0.15) is 19.3 Å². The van der Waals surface area contributed by atoms with Gasteiger partial charge >= 0.3 is 17.9 Å². The molecule has 0 bridgehead atoms. The molecular weight excluding hydrogens is 470 g/mol. The lowest BCUT2D eigenvalue weighted by atomic mass is 9.71. The predicted molar refractivity (Wildman–Crippen MR) is 123 cm³/mol. The van der Waals surface area contributed by atoms with Gasteiger partial charge in [-0.05, 0) is 36.2 Å². The van der Waals surface area contributed by atoms with Crippen molar-refractivity contribution in [3.05, 3.63) is 59.2 Å². The molecule has 1 fully saturated rings. The Balaban J connectivity index is 1.56. The normalized spacial score (nSPS) is 25.9. The zero-order chi connectivity index (χ0) is 25.4. The molecule has 5 rings (SSSR count). The molecule has 2 aliphatic heterocycles. The summed E-state index contributed by atoms with van der Waals surface area (Å²) in [5, 5.41) is 2.90. The minimum Gasteiger partial charge on any atom is -0.486 e. The Morgan fingerprint density at radius 3 is 2.19 bits per heavy atom. The van der Waals surface area contributed by atoms with Crippen LogP contribution in [0.3, 0.4) is 0 Å². The van der Waals surface area contributed by atoms with Crippen LogP contribution in [0.5, 0.6) is 11.5 Å². The Hall–Kier alpha value is -4.08. The maximum Gasteiger partial charge on any atom is 0.338 e. The van der Waals surface area contributed by atoms with Crippen molar-refractivity contribution >= 4 is 23.8 Å². The number of rotatable bonds is 4. The van der Waals surface area contributed by atoms with E-state index < -0.39 is 48.2 Å². The number of carbonyl (C=O) groups excluding carboxylic acids is 4. The predicted octanol–water partition coefficient (Wildman–Crippen LogP) is 2.15. The monoisotopic (exact) mass is 495 g/mol. The van der Waals surface area contributed by atoms with E-state index in [1.807, 2.05) is 0 Å². The molecule has 2 heterocycles. The minimum atomic E-state index is -1.13. The fourth-order valence-electron chi connectivity index (χ4n) is 5.08. The number of nitrogens with one attached hydrogen (secondary N) is 1. The molecule has 0 radical (unpaired) electrons. The molecule has 10 heteroatoms. The molecule has 3 aliphatic rings. The first-order valence-corrected chi connectivity index (χ1v) is 11.7. The highest BCUT2D eigenvalue weighted by Crippen LogP contribution is 2.45. The molecule has 10 nitrogen and oxygen atoms in total. The molecule has 0 spiro atoms. The van der Waals surface area contributed by atoms with Crippen molar-refractivity contribution in [2.45, 2.75) is 50.5 Å². The molecule has 5 atom stereocenters. The van der Waals surface area contributed by atoms with Gasteiger partial charge in [-0.15, -0.1) is 0 Å². The van der Waals surface area contributed by atoms with Crippen LogP contribution in [0.1, 0.15) is 52.5 Å². The summed E-state index contributed by atoms with van der Waals surface area (Å²) < 4.78 is 28.3. The summed E-state index contributed by atoms with van der Waals surface area (Å²) in [5.74, 6) is -1.74. The highest BCUT2D eigenvalue weighted by Gasteiger charge is 2.54. The molecule has 188 valence electrons. The zero-order valence-electron chi connectivity index (χ0n) is 19.7. The molecule has 1 N–H and O–H groups in total. The van der Waals surface area contributed by atoms with E-state index in [2.05, 4.69) is 5.32 Å². The Bertz CT molecular complexity index is 1210. The van der Waals surface area contributed by atoms with Crippen LogP contribution >= 0.6 is 0 Å². The van der Waals surface area contributed by atoms with Gasteiger partial charge < -0.3 is 29.0 Å². The first-order chi connectivity index (χ1) is 17.3. The average molecular weight is 495 g/mol. The van der Waals surface area contributed by atoms with Crippen molar-refractivity contribution in [2.75, 3.05) is 13.2 Å². The molecule has 36 heavy (non-hydrogen) atoms. The number of fused-ring (bicyclic) bond motifs is 4. The summed E-state index contributed by atoms with van der Waals surface area (Å²) in [6.45, 7) is 3.18. The Morgan fingerprint density at radius 2 is 1.53 bits per heavy atom. The van der Waals surface area contributed by atoms with Gasteiger partial charge in [0.15, 0.2) is 23.7 Å². The quantitative estimate of drug-likeness (QED) is 0.501. The average Bonchev–Trinajstić information content (AvgIpc) is 2.86. The van der Waals surface area contributed by atoms with Crippen molar-refractivity contribution in [3.63, 3.8) is 0 Å². The van der Waals surface area contributed by atoms with E-state index in [0.29, 0.717) is 41.4 Å². The van der Waals surface area contributed by atoms with Gasteiger partial charge in [-0.25, -0.2) is 4.79 Å². The van der Waals surface area contributed by atoms with E-state index in [1.165, 1.54) is 13.8 Å². The largest absolute Gasteiger partial charge is 0.486 e. The summed E-state index contributed by atoms with van der Waals surface area (Å²) in [7, 11) is 0. The number of ether oxygens (including phenoxy) is 5. The fraction of sp³-hybridized carbons (Fsp3) is 0.385. The van der Waals surface area contributed by atoms with Crippen LogP contribution in [-0.2, 0) is 23.8 Å². The van der Waals surface area contributed by atoms with E-state index in [-0.39, 0.29) is 12.3 Å². The topological polar surface area (TPSA) is 126 Å². The standard InChI is InChI=1S/C26H25NO9/c1-13(28)34-23-21(36-26(31)15-6-4-3-5-7-15)11-17-16-10-19-20(33-9-8-32-19)12-18(16)25(30)27-22(17)24(23)35-14(2)29/h3-7,10,12,17,21-24H,8-9,11H2,1-2H3,(H,27,30). The SMILES string of the molecule is CC(=O)OC1C(OC(=O)c2ccccc2)CC2c3cc4c(cc3C(=O)NC2C1OC(C)=O)OCCO4. The third kappa shape index (κ3) is 4.46. The highest BCUT2D eigenvalue weighted by atomic mass is 16.6. The van der Waals surface area contributed by atoms with Gasteiger partial charge in [0, 0.05) is 25.3 Å². The third-order valence-electron chi connectivity index (χ3n) is 6.49. The van der Waals surface area contributed by atoms with E-state index in [4.69, 9.17) is 23.7 Å². The number of amides is 1. The van der Waals surface area contributed by atoms with Crippen LogP contribution in [0.15, 0.2) is 42.5 Å². The first kappa shape index (κ1) is 23.7. The van der Waals surface area contributed by atoms with Crippen LogP contribution in [0, 0.1) is 0 Å². The molecule has 1 amide bonds. The first-order valence-electron chi connectivity index (χ1n) is 11.7. The molecule has 1 aliphatic carbocycles. The molecule has 0 saturated heterocycles. The van der Waals surface area contributed by atoms with Crippen LogP contribution in [-0.4, -0.2) is 61.4 Å². The van der Waals surface area contributed by atoms with Crippen LogP contribution < -0.4 is 14.8 Å². The van der Waals surface area contributed by atoms with Crippen molar-refractivity contribution < 1.29 is 42.9 Å². The van der Waals surface area contributed by atoms with Gasteiger partial charge in [-0.1, -0.05) is 18.2 Å². The summed E-state index contributed by atoms with van der Waals surface area (Å²) in [4.78, 5) is 50.1. The summed E-state index contributed by atoms with van der Waals surface area (Å²) >= 11 is 0. The molecule has 2 aromatic carbocycles. The molecule has 1 saturated carbocycles. The lowest BCUT2D eigenvalue weighted by Gasteiger charge is -2.47. The maximum atomic E-state index is 13.1. The molecule has 5 unspecified atom stereocenters.